The number of carbonyl (C=O) groups excluding carboxylic acids is 1. The molecule has 2 aromatic rings. The van der Waals surface area contributed by atoms with Gasteiger partial charge in [0, 0.05) is 11.1 Å². The molecule has 1 atom stereocenters. The third-order valence-corrected chi connectivity index (χ3v) is 5.55. The third-order valence-electron chi connectivity index (χ3n) is 4.62. The van der Waals surface area contributed by atoms with Crippen LogP contribution in [0, 0.1) is 11.3 Å². The second-order valence-electron chi connectivity index (χ2n) is 6.77. The molecule has 0 aliphatic heterocycles. The summed E-state index contributed by atoms with van der Waals surface area (Å²) in [6.45, 7) is 4.03. The first-order valence-electron chi connectivity index (χ1n) is 8.65. The van der Waals surface area contributed by atoms with Gasteiger partial charge in [-0.2, -0.15) is 5.26 Å². The van der Waals surface area contributed by atoms with Crippen LogP contribution < -0.4 is 5.56 Å². The lowest BCUT2D eigenvalue weighted by Crippen LogP contribution is -2.24. The van der Waals surface area contributed by atoms with E-state index in [1.54, 1.807) is 6.07 Å². The topological polar surface area (TPSA) is 86.6 Å². The maximum absolute atomic E-state index is 12.9. The second-order valence-corrected chi connectivity index (χ2v) is 7.66. The largest absolute Gasteiger partial charge is 0.325 e. The van der Waals surface area contributed by atoms with Gasteiger partial charge in [-0.05, 0) is 43.2 Å². The molecule has 0 unspecified atom stereocenters. The molecule has 5 nitrogen and oxygen atoms in total. The highest BCUT2D eigenvalue weighted by atomic mass is 32.1. The summed E-state index contributed by atoms with van der Waals surface area (Å²) in [7, 11) is 0. The average molecular weight is 355 g/mol. The Morgan fingerprint density at radius 1 is 1.32 bits per heavy atom. The van der Waals surface area contributed by atoms with Crippen molar-refractivity contribution in [2.24, 2.45) is 0 Å². The molecule has 0 fully saturated rings. The van der Waals surface area contributed by atoms with Crippen molar-refractivity contribution in [2.75, 3.05) is 0 Å². The number of fused-ring (bicyclic) bond motifs is 1. The Kier molecular flexibility index (Phi) is 5.14. The van der Waals surface area contributed by atoms with Gasteiger partial charge in [-0.15, -0.1) is 11.3 Å². The summed E-state index contributed by atoms with van der Waals surface area (Å²) >= 11 is 1.30. The van der Waals surface area contributed by atoms with Gasteiger partial charge >= 0.3 is 0 Å². The predicted octanol–water partition coefficient (Wildman–Crippen LogP) is 3.71. The molecule has 1 N–H and O–H groups in total. The van der Waals surface area contributed by atoms with Crippen LogP contribution in [-0.4, -0.2) is 15.8 Å². The summed E-state index contributed by atoms with van der Waals surface area (Å²) in [5, 5.41) is 11.9. The Hall–Kier alpha value is -2.26. The van der Waals surface area contributed by atoms with Gasteiger partial charge in [0.05, 0.1) is 17.3 Å². The van der Waals surface area contributed by atoms with Crippen LogP contribution in [0.1, 0.15) is 77.3 Å². The zero-order valence-electron chi connectivity index (χ0n) is 14.5. The zero-order valence-corrected chi connectivity index (χ0v) is 15.3. The van der Waals surface area contributed by atoms with E-state index >= 15 is 0 Å². The van der Waals surface area contributed by atoms with Crippen molar-refractivity contribution in [3.05, 3.63) is 49.3 Å². The van der Waals surface area contributed by atoms with Crippen LogP contribution in [0.5, 0.6) is 0 Å². The molecule has 130 valence electrons. The quantitative estimate of drug-likeness (QED) is 0.669. The number of aromatic nitrogens is 2. The first kappa shape index (κ1) is 17.6. The number of hydrogen-bond donors (Lipinski definition) is 1. The maximum atomic E-state index is 12.9. The van der Waals surface area contributed by atoms with E-state index in [1.165, 1.54) is 11.3 Å². The molecule has 6 heteroatoms. The molecule has 0 saturated heterocycles. The van der Waals surface area contributed by atoms with Crippen molar-refractivity contribution in [3.63, 3.8) is 0 Å². The molecular formula is C19H21N3O2S. The molecule has 3 rings (SSSR count). The normalized spacial score (nSPS) is 15.3. The number of pyridine rings is 1. The van der Waals surface area contributed by atoms with Crippen molar-refractivity contribution in [3.8, 4) is 6.07 Å². The predicted molar refractivity (Wildman–Crippen MR) is 97.2 cm³/mol. The highest BCUT2D eigenvalue weighted by molar-refractivity contribution is 7.10. The molecule has 0 spiro atoms. The monoisotopic (exact) mass is 355 g/mol. The van der Waals surface area contributed by atoms with Crippen LogP contribution in [-0.2, 0) is 12.8 Å². The molecular weight excluding hydrogens is 334 g/mol. The summed E-state index contributed by atoms with van der Waals surface area (Å²) in [5.74, 6) is -1.25. The Morgan fingerprint density at radius 2 is 2.08 bits per heavy atom. The van der Waals surface area contributed by atoms with Crippen LogP contribution in [0.25, 0.3) is 0 Å². The van der Waals surface area contributed by atoms with Crippen molar-refractivity contribution in [2.45, 2.75) is 57.8 Å². The number of ketones is 1. The lowest BCUT2D eigenvalue weighted by Gasteiger charge is -2.09. The number of nitrogens with zero attached hydrogens (tertiary/aromatic N) is 2. The molecule has 0 bridgehead atoms. The number of thiazole rings is 1. The van der Waals surface area contributed by atoms with Gasteiger partial charge in [-0.3, -0.25) is 9.59 Å². The molecule has 0 radical (unpaired) electrons. The van der Waals surface area contributed by atoms with Gasteiger partial charge in [0.1, 0.15) is 5.01 Å². The summed E-state index contributed by atoms with van der Waals surface area (Å²) in [5.41, 5.74) is 2.51. The zero-order chi connectivity index (χ0) is 18.0. The van der Waals surface area contributed by atoms with Crippen LogP contribution >= 0.6 is 11.3 Å². The van der Waals surface area contributed by atoms with Crippen molar-refractivity contribution in [1.82, 2.24) is 9.97 Å². The van der Waals surface area contributed by atoms with Crippen LogP contribution in [0.2, 0.25) is 0 Å². The fraction of sp³-hybridized carbons (Fsp3) is 0.474. The van der Waals surface area contributed by atoms with Gasteiger partial charge in [0.2, 0.25) is 0 Å². The van der Waals surface area contributed by atoms with E-state index in [0.717, 1.165) is 49.1 Å². The Labute approximate surface area is 150 Å². The molecule has 0 saturated carbocycles. The lowest BCUT2D eigenvalue weighted by molar-refractivity contribution is 0.0977. The van der Waals surface area contributed by atoms with Gasteiger partial charge in [0.25, 0.3) is 5.56 Å². The molecule has 0 aromatic carbocycles. The summed E-state index contributed by atoms with van der Waals surface area (Å²) < 4.78 is 0. The Morgan fingerprint density at radius 3 is 2.76 bits per heavy atom. The number of hydrogen-bond acceptors (Lipinski definition) is 5. The first-order valence-corrected chi connectivity index (χ1v) is 9.53. The fourth-order valence-corrected chi connectivity index (χ4v) is 4.13. The number of aromatic amines is 1. The number of H-pyrrole nitrogens is 1. The van der Waals surface area contributed by atoms with Crippen LogP contribution in [0.4, 0.5) is 0 Å². The smallest absolute Gasteiger partial charge is 0.259 e. The molecule has 0 amide bonds. The van der Waals surface area contributed by atoms with Gasteiger partial charge < -0.3 is 4.98 Å². The van der Waals surface area contributed by atoms with Crippen molar-refractivity contribution < 1.29 is 4.79 Å². The molecule has 1 aliphatic rings. The highest BCUT2D eigenvalue weighted by Gasteiger charge is 2.28. The number of carbonyl (C=O) groups is 1. The molecule has 1 aliphatic carbocycles. The summed E-state index contributed by atoms with van der Waals surface area (Å²) in [6, 6.07) is 3.73. The number of Topliss-reactive ketones (excluding diaryl/α,β-unsaturated/α-hetero) is 1. The number of nitriles is 1. The van der Waals surface area contributed by atoms with Crippen molar-refractivity contribution >= 4 is 17.1 Å². The minimum atomic E-state index is -1.03. The van der Waals surface area contributed by atoms with Gasteiger partial charge in [-0.1, -0.05) is 20.3 Å². The fourth-order valence-electron chi connectivity index (χ4n) is 3.11. The third kappa shape index (κ3) is 3.57. The Bertz CT molecular complexity index is 889. The van der Waals surface area contributed by atoms with E-state index < -0.39 is 17.3 Å². The molecule has 2 aromatic heterocycles. The van der Waals surface area contributed by atoms with Gasteiger partial charge in [-0.25, -0.2) is 4.98 Å². The van der Waals surface area contributed by atoms with E-state index in [9.17, 15) is 14.9 Å². The van der Waals surface area contributed by atoms with Crippen molar-refractivity contribution in [1.29, 1.82) is 5.26 Å². The van der Waals surface area contributed by atoms with E-state index in [2.05, 4.69) is 9.97 Å². The standard InChI is InChI=1S/C19H21N3O2S/c1-11(2)16-10-25-19(22-16)14(9-20)17(23)13-8-12-6-4-3-5-7-15(12)21-18(13)24/h8,10-11,14H,3-7H2,1-2H3,(H,21,24)/t14-/m1/s1. The SMILES string of the molecule is CC(C)c1csc([C@H](C#N)C(=O)c2cc3c([nH]c2=O)CCCCC3)n1. The second kappa shape index (κ2) is 7.32. The highest BCUT2D eigenvalue weighted by Crippen LogP contribution is 2.27. The molecule has 25 heavy (non-hydrogen) atoms. The number of rotatable bonds is 4. The van der Waals surface area contributed by atoms with E-state index in [0.29, 0.717) is 5.01 Å². The van der Waals surface area contributed by atoms with Gasteiger partial charge in [0.15, 0.2) is 11.7 Å². The van der Waals surface area contributed by atoms with E-state index in [1.807, 2.05) is 25.3 Å². The Balaban J connectivity index is 1.97. The van der Waals surface area contributed by atoms with Crippen LogP contribution in [0.3, 0.4) is 0 Å². The number of aryl methyl sites for hydroxylation is 2. The summed E-state index contributed by atoms with van der Waals surface area (Å²) in [6.07, 6.45) is 4.92. The average Bonchev–Trinajstić information content (AvgIpc) is 2.95. The van der Waals surface area contributed by atoms with Crippen LogP contribution in [0.15, 0.2) is 16.2 Å². The maximum Gasteiger partial charge on any atom is 0.259 e. The lowest BCUT2D eigenvalue weighted by atomic mass is 9.97. The first-order chi connectivity index (χ1) is 12.0. The van der Waals surface area contributed by atoms with E-state index in [-0.39, 0.29) is 11.5 Å². The summed E-state index contributed by atoms with van der Waals surface area (Å²) in [4.78, 5) is 32.6. The van der Waals surface area contributed by atoms with E-state index in [4.69, 9.17) is 0 Å². The number of nitrogens with one attached hydrogen (secondary N) is 1. The molecule has 2 heterocycles. The minimum absolute atomic E-state index is 0.0773. The minimum Gasteiger partial charge on any atom is -0.325 e.